The Morgan fingerprint density at radius 3 is 2.35 bits per heavy atom. The molecule has 1 aliphatic rings. The maximum absolute atomic E-state index is 13.1. The Balaban J connectivity index is 1.51. The van der Waals surface area contributed by atoms with Gasteiger partial charge in [0.2, 0.25) is 0 Å². The zero-order chi connectivity index (χ0) is 24.4. The van der Waals surface area contributed by atoms with Gasteiger partial charge in [-0.15, -0.1) is 0 Å². The lowest BCUT2D eigenvalue weighted by molar-refractivity contribution is -0.120. The highest BCUT2D eigenvalue weighted by Crippen LogP contribution is 2.32. The zero-order valence-corrected chi connectivity index (χ0v) is 19.6. The number of amides is 3. The molecule has 3 aromatic rings. The second-order valence-corrected chi connectivity index (χ2v) is 8.16. The first-order valence-corrected chi connectivity index (χ1v) is 10.8. The molecule has 2 N–H and O–H groups in total. The number of hydrogen-bond donors (Lipinski definition) is 2. The summed E-state index contributed by atoms with van der Waals surface area (Å²) in [5.74, 6) is -0.896. The first-order chi connectivity index (χ1) is 16.3. The van der Waals surface area contributed by atoms with Crippen LogP contribution in [-0.4, -0.2) is 24.8 Å². The van der Waals surface area contributed by atoms with Gasteiger partial charge in [-0.25, -0.2) is 4.90 Å². The molecule has 0 fully saturated rings. The Kier molecular flexibility index (Phi) is 6.38. The number of para-hydroxylation sites is 2. The monoisotopic (exact) mass is 475 g/mol. The van der Waals surface area contributed by atoms with Crippen molar-refractivity contribution in [3.05, 3.63) is 94.1 Å². The number of ether oxygens (including phenoxy) is 1. The normalized spacial score (nSPS) is 13.4. The minimum absolute atomic E-state index is 0.0150. The van der Waals surface area contributed by atoms with E-state index in [1.54, 1.807) is 48.5 Å². The molecule has 0 unspecified atom stereocenters. The Bertz CT molecular complexity index is 1330. The summed E-state index contributed by atoms with van der Waals surface area (Å²) in [6.45, 7) is 3.71. The number of carbonyl (C=O) groups excluding carboxylic acids is 3. The van der Waals surface area contributed by atoms with E-state index in [9.17, 15) is 14.4 Å². The number of imide groups is 1. The van der Waals surface area contributed by atoms with Crippen LogP contribution in [0.1, 0.15) is 21.5 Å². The molecule has 0 bridgehead atoms. The predicted octanol–water partition coefficient (Wildman–Crippen LogP) is 5.00. The van der Waals surface area contributed by atoms with Crippen LogP contribution in [0.5, 0.6) is 5.75 Å². The Hall–Kier alpha value is -4.10. The molecule has 0 aromatic heterocycles. The Labute approximate surface area is 202 Å². The molecule has 7 nitrogen and oxygen atoms in total. The third-order valence-corrected chi connectivity index (χ3v) is 5.76. The number of aryl methyl sites for hydroxylation is 2. The SMILES string of the molecule is COc1ccccc1NC(=O)c1ccc(NC2=C(Cl)C(=O)N(c3cc(C)ccc3C)C2=O)cc1. The van der Waals surface area contributed by atoms with Crippen LogP contribution in [0, 0.1) is 13.8 Å². The summed E-state index contributed by atoms with van der Waals surface area (Å²) in [6.07, 6.45) is 0. The molecule has 4 rings (SSSR count). The third kappa shape index (κ3) is 4.38. The maximum Gasteiger partial charge on any atom is 0.283 e. The highest BCUT2D eigenvalue weighted by Gasteiger charge is 2.39. The molecule has 0 saturated heterocycles. The van der Waals surface area contributed by atoms with E-state index in [0.717, 1.165) is 16.0 Å². The Morgan fingerprint density at radius 2 is 1.65 bits per heavy atom. The number of carbonyl (C=O) groups is 3. The smallest absolute Gasteiger partial charge is 0.283 e. The van der Waals surface area contributed by atoms with Gasteiger partial charge in [0.1, 0.15) is 16.5 Å². The van der Waals surface area contributed by atoms with E-state index >= 15 is 0 Å². The van der Waals surface area contributed by atoms with E-state index in [4.69, 9.17) is 16.3 Å². The van der Waals surface area contributed by atoms with Gasteiger partial charge in [0.15, 0.2) is 0 Å². The topological polar surface area (TPSA) is 87.7 Å². The van der Waals surface area contributed by atoms with E-state index in [0.29, 0.717) is 28.4 Å². The molecule has 0 radical (unpaired) electrons. The van der Waals surface area contributed by atoms with Gasteiger partial charge in [0, 0.05) is 11.3 Å². The van der Waals surface area contributed by atoms with E-state index in [1.165, 1.54) is 7.11 Å². The summed E-state index contributed by atoms with van der Waals surface area (Å²) in [7, 11) is 1.53. The molecule has 172 valence electrons. The molecular weight excluding hydrogens is 454 g/mol. The van der Waals surface area contributed by atoms with Crippen LogP contribution in [0.2, 0.25) is 0 Å². The molecule has 0 atom stereocenters. The van der Waals surface area contributed by atoms with E-state index in [2.05, 4.69) is 10.6 Å². The van der Waals surface area contributed by atoms with Gasteiger partial charge in [0.25, 0.3) is 17.7 Å². The number of methoxy groups -OCH3 is 1. The summed E-state index contributed by atoms with van der Waals surface area (Å²) >= 11 is 6.24. The van der Waals surface area contributed by atoms with Crippen molar-refractivity contribution < 1.29 is 19.1 Å². The van der Waals surface area contributed by atoms with Crippen LogP contribution in [0.3, 0.4) is 0 Å². The van der Waals surface area contributed by atoms with Crippen LogP contribution >= 0.6 is 11.6 Å². The minimum atomic E-state index is -0.587. The quantitative estimate of drug-likeness (QED) is 0.490. The van der Waals surface area contributed by atoms with Gasteiger partial charge in [-0.2, -0.15) is 0 Å². The molecule has 0 saturated carbocycles. The minimum Gasteiger partial charge on any atom is -0.495 e. The molecular formula is C26H22ClN3O4. The lowest BCUT2D eigenvalue weighted by atomic mass is 10.1. The van der Waals surface area contributed by atoms with Crippen molar-refractivity contribution in [3.63, 3.8) is 0 Å². The summed E-state index contributed by atoms with van der Waals surface area (Å²) in [4.78, 5) is 39.5. The maximum atomic E-state index is 13.1. The van der Waals surface area contributed by atoms with Crippen LogP contribution in [0.15, 0.2) is 77.5 Å². The number of hydrogen-bond acceptors (Lipinski definition) is 5. The van der Waals surface area contributed by atoms with E-state index in [-0.39, 0.29) is 16.6 Å². The molecule has 8 heteroatoms. The third-order valence-electron chi connectivity index (χ3n) is 5.40. The van der Waals surface area contributed by atoms with Crippen LogP contribution in [-0.2, 0) is 9.59 Å². The highest BCUT2D eigenvalue weighted by molar-refractivity contribution is 6.53. The number of nitrogens with zero attached hydrogens (tertiary/aromatic N) is 1. The molecule has 3 amide bonds. The lowest BCUT2D eigenvalue weighted by Crippen LogP contribution is -2.32. The number of benzene rings is 3. The van der Waals surface area contributed by atoms with Gasteiger partial charge in [-0.1, -0.05) is 35.9 Å². The number of rotatable bonds is 6. The predicted molar refractivity (Wildman–Crippen MR) is 132 cm³/mol. The van der Waals surface area contributed by atoms with Gasteiger partial charge >= 0.3 is 0 Å². The largest absolute Gasteiger partial charge is 0.495 e. The summed E-state index contributed by atoms with van der Waals surface area (Å²) in [5.41, 5.74) is 3.64. The van der Waals surface area contributed by atoms with Crippen LogP contribution in [0.4, 0.5) is 17.1 Å². The molecule has 1 aliphatic heterocycles. The van der Waals surface area contributed by atoms with Gasteiger partial charge in [0.05, 0.1) is 18.5 Å². The first kappa shape index (κ1) is 23.1. The van der Waals surface area contributed by atoms with E-state index in [1.807, 2.05) is 32.0 Å². The second kappa shape index (κ2) is 9.41. The molecule has 0 spiro atoms. The summed E-state index contributed by atoms with van der Waals surface area (Å²) < 4.78 is 5.25. The van der Waals surface area contributed by atoms with Gasteiger partial charge in [-0.05, 0) is 67.4 Å². The lowest BCUT2D eigenvalue weighted by Gasteiger charge is -2.18. The fraction of sp³-hybridized carbons (Fsp3) is 0.115. The summed E-state index contributed by atoms with van der Waals surface area (Å²) in [6, 6.07) is 19.1. The second-order valence-electron chi connectivity index (χ2n) is 7.78. The van der Waals surface area contributed by atoms with Crippen molar-refractivity contribution in [3.8, 4) is 5.75 Å². The van der Waals surface area contributed by atoms with Gasteiger partial charge < -0.3 is 15.4 Å². The van der Waals surface area contributed by atoms with E-state index < -0.39 is 11.8 Å². The molecule has 0 aliphatic carbocycles. The molecule has 34 heavy (non-hydrogen) atoms. The van der Waals surface area contributed by atoms with Crippen molar-refractivity contribution in [1.82, 2.24) is 0 Å². The first-order valence-electron chi connectivity index (χ1n) is 10.5. The van der Waals surface area contributed by atoms with Crippen LogP contribution in [0.25, 0.3) is 0 Å². The number of nitrogens with one attached hydrogen (secondary N) is 2. The average Bonchev–Trinajstić information content (AvgIpc) is 3.04. The Morgan fingerprint density at radius 1 is 0.941 bits per heavy atom. The van der Waals surface area contributed by atoms with Crippen molar-refractivity contribution in [2.45, 2.75) is 13.8 Å². The summed E-state index contributed by atoms with van der Waals surface area (Å²) in [5, 5.41) is 5.54. The highest BCUT2D eigenvalue weighted by atomic mass is 35.5. The van der Waals surface area contributed by atoms with Crippen LogP contribution < -0.4 is 20.3 Å². The molecule has 1 heterocycles. The van der Waals surface area contributed by atoms with Crippen molar-refractivity contribution in [2.75, 3.05) is 22.6 Å². The fourth-order valence-corrected chi connectivity index (χ4v) is 3.79. The fourth-order valence-electron chi connectivity index (χ4n) is 3.58. The van der Waals surface area contributed by atoms with Crippen molar-refractivity contribution in [1.29, 1.82) is 0 Å². The van der Waals surface area contributed by atoms with Gasteiger partial charge in [-0.3, -0.25) is 14.4 Å². The standard InChI is InChI=1S/C26H22ClN3O4/c1-15-8-9-16(2)20(14-15)30-25(32)22(27)23(26(30)33)28-18-12-10-17(11-13-18)24(31)29-19-6-4-5-7-21(19)34-3/h4-14,28H,1-3H3,(H,29,31). The zero-order valence-electron chi connectivity index (χ0n) is 18.8. The number of halogens is 1. The molecule has 3 aromatic carbocycles. The number of anilines is 3. The van der Waals surface area contributed by atoms with Crippen molar-refractivity contribution in [2.24, 2.45) is 0 Å². The van der Waals surface area contributed by atoms with Crippen molar-refractivity contribution >= 4 is 46.4 Å². The average molecular weight is 476 g/mol.